The summed E-state index contributed by atoms with van der Waals surface area (Å²) in [6.07, 6.45) is 3.35. The van der Waals surface area contributed by atoms with E-state index < -0.39 is 9.84 Å². The van der Waals surface area contributed by atoms with Crippen LogP contribution < -0.4 is 5.32 Å². The summed E-state index contributed by atoms with van der Waals surface area (Å²) in [6.45, 7) is 6.12. The maximum absolute atomic E-state index is 12.1. The van der Waals surface area contributed by atoms with Crippen molar-refractivity contribution in [2.75, 3.05) is 19.3 Å². The van der Waals surface area contributed by atoms with Gasteiger partial charge < -0.3 is 5.32 Å². The van der Waals surface area contributed by atoms with Gasteiger partial charge in [-0.05, 0) is 55.0 Å². The number of sulfone groups is 1. The zero-order valence-corrected chi connectivity index (χ0v) is 12.8. The minimum Gasteiger partial charge on any atom is -0.317 e. The molecule has 2 rings (SSSR count). The van der Waals surface area contributed by atoms with Crippen LogP contribution in [0.15, 0.2) is 23.1 Å². The minimum atomic E-state index is -3.16. The molecular formula is C15H23NO2S. The Labute approximate surface area is 116 Å². The van der Waals surface area contributed by atoms with Crippen LogP contribution in [0.25, 0.3) is 0 Å². The van der Waals surface area contributed by atoms with Crippen LogP contribution in [-0.4, -0.2) is 27.8 Å². The van der Waals surface area contributed by atoms with Gasteiger partial charge in [0.25, 0.3) is 0 Å². The molecule has 1 aliphatic rings. The van der Waals surface area contributed by atoms with E-state index in [1.807, 2.05) is 12.1 Å². The number of piperidine rings is 1. The molecule has 0 amide bonds. The Morgan fingerprint density at radius 2 is 1.84 bits per heavy atom. The average molecular weight is 281 g/mol. The average Bonchev–Trinajstić information content (AvgIpc) is 2.38. The molecule has 0 bridgehead atoms. The Bertz CT molecular complexity index is 543. The Hall–Kier alpha value is -0.870. The van der Waals surface area contributed by atoms with Crippen molar-refractivity contribution in [1.29, 1.82) is 0 Å². The van der Waals surface area contributed by atoms with Crippen molar-refractivity contribution in [3.63, 3.8) is 0 Å². The summed E-state index contributed by atoms with van der Waals surface area (Å²) in [7, 11) is -3.16. The maximum atomic E-state index is 12.1. The molecule has 1 fully saturated rings. The molecule has 0 aromatic heterocycles. The van der Waals surface area contributed by atoms with Crippen LogP contribution in [0.2, 0.25) is 0 Å². The van der Waals surface area contributed by atoms with Crippen molar-refractivity contribution in [1.82, 2.24) is 5.32 Å². The lowest BCUT2D eigenvalue weighted by molar-refractivity contribution is 0.455. The van der Waals surface area contributed by atoms with Gasteiger partial charge in [-0.15, -0.1) is 0 Å². The highest BCUT2D eigenvalue weighted by atomic mass is 32.2. The second-order valence-electron chi connectivity index (χ2n) is 5.75. The van der Waals surface area contributed by atoms with Gasteiger partial charge in [-0.3, -0.25) is 0 Å². The van der Waals surface area contributed by atoms with Crippen LogP contribution in [0, 0.1) is 0 Å². The molecule has 106 valence electrons. The lowest BCUT2D eigenvalue weighted by Gasteiger charge is -2.25. The topological polar surface area (TPSA) is 46.2 Å². The van der Waals surface area contributed by atoms with E-state index in [-0.39, 0.29) is 0 Å². The number of nitrogens with one attached hydrogen (secondary N) is 1. The lowest BCUT2D eigenvalue weighted by Crippen LogP contribution is -2.27. The summed E-state index contributed by atoms with van der Waals surface area (Å²) in [5, 5.41) is 3.32. The molecule has 0 unspecified atom stereocenters. The molecule has 1 aromatic carbocycles. The number of hydrogen-bond acceptors (Lipinski definition) is 3. The molecule has 0 radical (unpaired) electrons. The van der Waals surface area contributed by atoms with Crippen molar-refractivity contribution < 1.29 is 8.42 Å². The first-order valence-electron chi connectivity index (χ1n) is 6.94. The Morgan fingerprint density at radius 1 is 1.21 bits per heavy atom. The van der Waals surface area contributed by atoms with Crippen molar-refractivity contribution in [2.45, 2.75) is 43.4 Å². The van der Waals surface area contributed by atoms with E-state index in [1.54, 1.807) is 0 Å². The molecule has 1 heterocycles. The van der Waals surface area contributed by atoms with Crippen LogP contribution in [0.1, 0.15) is 49.7 Å². The van der Waals surface area contributed by atoms with Gasteiger partial charge in [-0.2, -0.15) is 0 Å². The summed E-state index contributed by atoms with van der Waals surface area (Å²) in [5.74, 6) is 0.717. The molecule has 0 atom stereocenters. The van der Waals surface area contributed by atoms with Gasteiger partial charge in [-0.1, -0.05) is 26.0 Å². The van der Waals surface area contributed by atoms with Gasteiger partial charge >= 0.3 is 0 Å². The quantitative estimate of drug-likeness (QED) is 0.926. The molecule has 0 saturated carbocycles. The predicted octanol–water partition coefficient (Wildman–Crippen LogP) is 2.68. The van der Waals surface area contributed by atoms with E-state index in [1.165, 1.54) is 6.26 Å². The Kier molecular flexibility index (Phi) is 4.31. The lowest BCUT2D eigenvalue weighted by atomic mass is 9.88. The van der Waals surface area contributed by atoms with Crippen molar-refractivity contribution in [2.24, 2.45) is 0 Å². The summed E-state index contributed by atoms with van der Waals surface area (Å²) in [5.41, 5.74) is 2.10. The van der Waals surface area contributed by atoms with Crippen molar-refractivity contribution in [3.8, 4) is 0 Å². The number of benzene rings is 1. The van der Waals surface area contributed by atoms with Gasteiger partial charge in [0.2, 0.25) is 0 Å². The second kappa shape index (κ2) is 5.63. The molecule has 3 nitrogen and oxygen atoms in total. The first-order valence-corrected chi connectivity index (χ1v) is 8.83. The molecule has 4 heteroatoms. The van der Waals surface area contributed by atoms with E-state index in [2.05, 4.69) is 25.2 Å². The van der Waals surface area contributed by atoms with Crippen LogP contribution in [0.3, 0.4) is 0 Å². The maximum Gasteiger partial charge on any atom is 0.175 e. The van der Waals surface area contributed by atoms with Crippen LogP contribution in [0.5, 0.6) is 0 Å². The third-order valence-corrected chi connectivity index (χ3v) is 5.04. The molecular weight excluding hydrogens is 258 g/mol. The molecule has 0 spiro atoms. The predicted molar refractivity (Wildman–Crippen MR) is 78.5 cm³/mol. The molecule has 1 N–H and O–H groups in total. The van der Waals surface area contributed by atoms with E-state index in [4.69, 9.17) is 0 Å². The van der Waals surface area contributed by atoms with E-state index in [0.717, 1.165) is 37.1 Å². The summed E-state index contributed by atoms with van der Waals surface area (Å²) >= 11 is 0. The fourth-order valence-electron chi connectivity index (χ4n) is 2.70. The Balaban J connectivity index is 2.47. The third-order valence-electron chi connectivity index (χ3n) is 3.88. The molecule has 0 aliphatic carbocycles. The fourth-order valence-corrected chi connectivity index (χ4v) is 3.71. The smallest absolute Gasteiger partial charge is 0.175 e. The van der Waals surface area contributed by atoms with Gasteiger partial charge in [0.05, 0.1) is 4.90 Å². The highest BCUT2D eigenvalue weighted by Crippen LogP contribution is 2.32. The van der Waals surface area contributed by atoms with Crippen molar-refractivity contribution >= 4 is 9.84 Å². The van der Waals surface area contributed by atoms with Crippen LogP contribution in [-0.2, 0) is 9.84 Å². The zero-order valence-electron chi connectivity index (χ0n) is 11.9. The zero-order chi connectivity index (χ0) is 14.0. The Morgan fingerprint density at radius 3 is 2.37 bits per heavy atom. The number of rotatable bonds is 3. The first kappa shape index (κ1) is 14.5. The summed E-state index contributed by atoms with van der Waals surface area (Å²) < 4.78 is 24.1. The SMILES string of the molecule is CC(C)c1ccc(C2CCNCC2)c(S(C)(=O)=O)c1. The summed E-state index contributed by atoms with van der Waals surface area (Å²) in [6, 6.07) is 5.98. The van der Waals surface area contributed by atoms with Gasteiger partial charge in [0.1, 0.15) is 0 Å². The van der Waals surface area contributed by atoms with E-state index in [0.29, 0.717) is 16.7 Å². The number of hydrogen-bond donors (Lipinski definition) is 1. The van der Waals surface area contributed by atoms with Crippen LogP contribution >= 0.6 is 0 Å². The standard InChI is InChI=1S/C15H23NO2S/c1-11(2)13-4-5-14(12-6-8-16-9-7-12)15(10-13)19(3,17)18/h4-5,10-12,16H,6-9H2,1-3H3. The highest BCUT2D eigenvalue weighted by Gasteiger charge is 2.23. The molecule has 1 saturated heterocycles. The largest absolute Gasteiger partial charge is 0.317 e. The highest BCUT2D eigenvalue weighted by molar-refractivity contribution is 7.90. The molecule has 1 aromatic rings. The first-order chi connectivity index (χ1) is 8.89. The normalized spacial score (nSPS) is 17.9. The van der Waals surface area contributed by atoms with Gasteiger partial charge in [0.15, 0.2) is 9.84 Å². The van der Waals surface area contributed by atoms with Crippen LogP contribution in [0.4, 0.5) is 0 Å². The van der Waals surface area contributed by atoms with E-state index in [9.17, 15) is 8.42 Å². The van der Waals surface area contributed by atoms with E-state index >= 15 is 0 Å². The third kappa shape index (κ3) is 3.37. The molecule has 1 aliphatic heterocycles. The minimum absolute atomic E-state index is 0.350. The van der Waals surface area contributed by atoms with Gasteiger partial charge in [-0.25, -0.2) is 8.42 Å². The second-order valence-corrected chi connectivity index (χ2v) is 7.73. The van der Waals surface area contributed by atoms with Crippen molar-refractivity contribution in [3.05, 3.63) is 29.3 Å². The molecule has 19 heavy (non-hydrogen) atoms. The van der Waals surface area contributed by atoms with Gasteiger partial charge in [0, 0.05) is 6.26 Å². The summed E-state index contributed by atoms with van der Waals surface area (Å²) in [4.78, 5) is 0.533. The fraction of sp³-hybridized carbons (Fsp3) is 0.600. The monoisotopic (exact) mass is 281 g/mol.